The third-order valence-corrected chi connectivity index (χ3v) is 3.55. The van der Waals surface area contributed by atoms with Crippen LogP contribution in [-0.2, 0) is 11.0 Å². The Morgan fingerprint density at radius 1 is 1.41 bits per heavy atom. The molecule has 1 aromatic carbocycles. The van der Waals surface area contributed by atoms with E-state index in [-0.39, 0.29) is 12.3 Å². The van der Waals surface area contributed by atoms with Gasteiger partial charge in [-0.1, -0.05) is 12.1 Å². The number of benzene rings is 1. The van der Waals surface area contributed by atoms with Gasteiger partial charge in [-0.3, -0.25) is 4.79 Å². The Bertz CT molecular complexity index is 533. The molecule has 2 atom stereocenters. The van der Waals surface area contributed by atoms with E-state index in [0.717, 1.165) is 6.07 Å². The number of alkyl halides is 3. The normalized spacial score (nSPS) is 20.6. The molecule has 1 saturated heterocycles. The van der Waals surface area contributed by atoms with Crippen molar-refractivity contribution in [2.24, 2.45) is 0 Å². The molecule has 22 heavy (non-hydrogen) atoms. The molecule has 4 nitrogen and oxygen atoms in total. The molecule has 1 heterocycles. The zero-order chi connectivity index (χ0) is 16.3. The van der Waals surface area contributed by atoms with Gasteiger partial charge in [0.1, 0.15) is 5.75 Å². The summed E-state index contributed by atoms with van der Waals surface area (Å²) in [7, 11) is 0. The number of halogens is 3. The molecule has 1 fully saturated rings. The molecule has 7 heteroatoms. The van der Waals surface area contributed by atoms with Gasteiger partial charge < -0.3 is 14.7 Å². The monoisotopic (exact) mass is 317 g/mol. The number of β-amino-alcohol motifs (C(OH)–C–C–N with tert-alkyl or cyclic N) is 1. The smallest absolute Gasteiger partial charge is 0.419 e. The Labute approximate surface area is 126 Å². The van der Waals surface area contributed by atoms with E-state index in [1.165, 1.54) is 30.0 Å². The fourth-order valence-electron chi connectivity index (χ4n) is 2.46. The van der Waals surface area contributed by atoms with Crippen LogP contribution in [0.4, 0.5) is 13.2 Å². The first-order valence-electron chi connectivity index (χ1n) is 7.09. The van der Waals surface area contributed by atoms with E-state index < -0.39 is 29.9 Å². The van der Waals surface area contributed by atoms with Gasteiger partial charge >= 0.3 is 6.18 Å². The van der Waals surface area contributed by atoms with Crippen molar-refractivity contribution in [3.63, 3.8) is 0 Å². The van der Waals surface area contributed by atoms with Gasteiger partial charge in [-0.25, -0.2) is 0 Å². The lowest BCUT2D eigenvalue weighted by Crippen LogP contribution is -2.47. The summed E-state index contributed by atoms with van der Waals surface area (Å²) in [6.45, 7) is 2.08. The molecule has 1 aromatic rings. The summed E-state index contributed by atoms with van der Waals surface area (Å²) in [6.07, 6.45) is -4.89. The summed E-state index contributed by atoms with van der Waals surface area (Å²) in [6, 6.07) is 4.80. The van der Waals surface area contributed by atoms with Crippen LogP contribution in [0.3, 0.4) is 0 Å². The molecular weight excluding hydrogens is 299 g/mol. The standard InChI is InChI=1S/C15H18F3NO3/c1-10(14(21)19-8-4-5-11(20)9-19)22-13-7-3-2-6-12(13)15(16,17)18/h2-3,6-7,10-11,20H,4-5,8-9H2,1H3. The molecule has 0 aliphatic carbocycles. The zero-order valence-electron chi connectivity index (χ0n) is 12.1. The Morgan fingerprint density at radius 2 is 2.09 bits per heavy atom. The third kappa shape index (κ3) is 3.91. The van der Waals surface area contributed by atoms with Crippen molar-refractivity contribution in [1.29, 1.82) is 0 Å². The van der Waals surface area contributed by atoms with Crippen LogP contribution >= 0.6 is 0 Å². The average Bonchev–Trinajstić information content (AvgIpc) is 2.46. The molecule has 0 radical (unpaired) electrons. The number of likely N-dealkylation sites (tertiary alicyclic amines) is 1. The largest absolute Gasteiger partial charge is 0.480 e. The highest BCUT2D eigenvalue weighted by Gasteiger charge is 2.35. The van der Waals surface area contributed by atoms with Crippen LogP contribution in [0.15, 0.2) is 24.3 Å². The third-order valence-electron chi connectivity index (χ3n) is 3.55. The van der Waals surface area contributed by atoms with Gasteiger partial charge in [0.15, 0.2) is 6.10 Å². The maximum absolute atomic E-state index is 12.9. The predicted molar refractivity (Wildman–Crippen MR) is 73.4 cm³/mol. The second-order valence-electron chi connectivity index (χ2n) is 5.33. The van der Waals surface area contributed by atoms with Crippen molar-refractivity contribution in [3.8, 4) is 5.75 Å². The van der Waals surface area contributed by atoms with Crippen LogP contribution in [0.25, 0.3) is 0 Å². The van der Waals surface area contributed by atoms with E-state index in [0.29, 0.717) is 19.4 Å². The maximum Gasteiger partial charge on any atom is 0.419 e. The first-order valence-corrected chi connectivity index (χ1v) is 7.09. The highest BCUT2D eigenvalue weighted by atomic mass is 19.4. The summed E-state index contributed by atoms with van der Waals surface area (Å²) in [4.78, 5) is 13.6. The minimum atomic E-state index is -4.54. The zero-order valence-corrected chi connectivity index (χ0v) is 12.1. The van der Waals surface area contributed by atoms with Crippen molar-refractivity contribution >= 4 is 5.91 Å². The van der Waals surface area contributed by atoms with E-state index >= 15 is 0 Å². The van der Waals surface area contributed by atoms with Crippen molar-refractivity contribution in [2.45, 2.75) is 38.1 Å². The number of rotatable bonds is 3. The van der Waals surface area contributed by atoms with E-state index in [4.69, 9.17) is 4.74 Å². The highest BCUT2D eigenvalue weighted by Crippen LogP contribution is 2.36. The second kappa shape index (κ2) is 6.56. The number of hydrogen-bond acceptors (Lipinski definition) is 3. The van der Waals surface area contributed by atoms with Gasteiger partial charge in [-0.2, -0.15) is 13.2 Å². The van der Waals surface area contributed by atoms with E-state index in [1.807, 2.05) is 0 Å². The van der Waals surface area contributed by atoms with Gasteiger partial charge in [0.25, 0.3) is 5.91 Å². The first kappa shape index (κ1) is 16.6. The molecule has 0 spiro atoms. The van der Waals surface area contributed by atoms with Gasteiger partial charge in [0.05, 0.1) is 11.7 Å². The van der Waals surface area contributed by atoms with Crippen LogP contribution in [0.2, 0.25) is 0 Å². The topological polar surface area (TPSA) is 49.8 Å². The Balaban J connectivity index is 2.09. The Kier molecular flexibility index (Phi) is 4.95. The molecule has 1 aliphatic rings. The number of ether oxygens (including phenoxy) is 1. The van der Waals surface area contributed by atoms with E-state index in [1.54, 1.807) is 0 Å². The van der Waals surface area contributed by atoms with Crippen LogP contribution in [-0.4, -0.2) is 41.2 Å². The lowest BCUT2D eigenvalue weighted by Gasteiger charge is -2.32. The van der Waals surface area contributed by atoms with E-state index in [9.17, 15) is 23.1 Å². The summed E-state index contributed by atoms with van der Waals surface area (Å²) in [5.41, 5.74) is -0.909. The molecule has 1 aliphatic heterocycles. The van der Waals surface area contributed by atoms with Gasteiger partial charge in [-0.05, 0) is 31.9 Å². The second-order valence-corrected chi connectivity index (χ2v) is 5.33. The van der Waals surface area contributed by atoms with Gasteiger partial charge in [-0.15, -0.1) is 0 Å². The van der Waals surface area contributed by atoms with Crippen molar-refractivity contribution in [3.05, 3.63) is 29.8 Å². The number of carbonyl (C=O) groups is 1. The van der Waals surface area contributed by atoms with Crippen LogP contribution in [0, 0.1) is 0 Å². The van der Waals surface area contributed by atoms with Crippen molar-refractivity contribution in [2.75, 3.05) is 13.1 Å². The highest BCUT2D eigenvalue weighted by molar-refractivity contribution is 5.81. The number of carbonyl (C=O) groups excluding carboxylic acids is 1. The number of piperidine rings is 1. The Hall–Kier alpha value is -1.76. The number of aliphatic hydroxyl groups excluding tert-OH is 1. The minimum Gasteiger partial charge on any atom is -0.480 e. The van der Waals surface area contributed by atoms with Gasteiger partial charge in [0, 0.05) is 13.1 Å². The number of para-hydroxylation sites is 1. The van der Waals surface area contributed by atoms with Crippen LogP contribution < -0.4 is 4.74 Å². The van der Waals surface area contributed by atoms with E-state index in [2.05, 4.69) is 0 Å². The van der Waals surface area contributed by atoms with Crippen LogP contribution in [0.1, 0.15) is 25.3 Å². The first-order chi connectivity index (χ1) is 10.3. The van der Waals surface area contributed by atoms with Crippen molar-refractivity contribution in [1.82, 2.24) is 4.90 Å². The summed E-state index contributed by atoms with van der Waals surface area (Å²) < 4.78 is 43.9. The molecule has 1 amide bonds. The molecule has 2 unspecified atom stereocenters. The van der Waals surface area contributed by atoms with Crippen LogP contribution in [0.5, 0.6) is 5.75 Å². The summed E-state index contributed by atoms with van der Waals surface area (Å²) >= 11 is 0. The lowest BCUT2D eigenvalue weighted by atomic mass is 10.1. The summed E-state index contributed by atoms with van der Waals surface area (Å²) in [5, 5.41) is 9.57. The Morgan fingerprint density at radius 3 is 2.73 bits per heavy atom. The number of hydrogen-bond donors (Lipinski definition) is 1. The molecule has 122 valence electrons. The molecule has 0 saturated carbocycles. The molecule has 2 rings (SSSR count). The predicted octanol–water partition coefficient (Wildman–Crippen LogP) is 2.46. The van der Waals surface area contributed by atoms with Crippen molar-refractivity contribution < 1.29 is 27.8 Å². The molecule has 1 N–H and O–H groups in total. The maximum atomic E-state index is 12.9. The SMILES string of the molecule is CC(Oc1ccccc1C(F)(F)F)C(=O)N1CCCC(O)C1. The minimum absolute atomic E-state index is 0.188. The average molecular weight is 317 g/mol. The molecule has 0 aromatic heterocycles. The number of nitrogens with zero attached hydrogens (tertiary/aromatic N) is 1. The molecular formula is C15H18F3NO3. The summed E-state index contributed by atoms with van der Waals surface area (Å²) in [5.74, 6) is -0.788. The number of aliphatic hydroxyl groups is 1. The van der Waals surface area contributed by atoms with Gasteiger partial charge in [0.2, 0.25) is 0 Å². The fraction of sp³-hybridized carbons (Fsp3) is 0.533. The molecule has 0 bridgehead atoms. The quantitative estimate of drug-likeness (QED) is 0.932. The lowest BCUT2D eigenvalue weighted by molar-refractivity contribution is -0.145. The number of amides is 1. The fourth-order valence-corrected chi connectivity index (χ4v) is 2.46.